The Morgan fingerprint density at radius 1 is 0.762 bits per heavy atom. The molecular formula is C8H12N2O10Tc+. The molecule has 120 valence electrons. The van der Waals surface area contributed by atoms with Gasteiger partial charge in [-0.25, -0.2) is 0 Å². The van der Waals surface area contributed by atoms with Crippen LogP contribution in [0.2, 0.25) is 0 Å². The maximum absolute atomic E-state index is 9.78. The Labute approximate surface area is 125 Å². The quantitative estimate of drug-likeness (QED) is 0.458. The summed E-state index contributed by atoms with van der Waals surface area (Å²) in [6.07, 6.45) is -1.29. The molecule has 2 atom stereocenters. The molecule has 0 aliphatic carbocycles. The molecule has 0 aromatic carbocycles. The molecule has 0 saturated carbocycles. The summed E-state index contributed by atoms with van der Waals surface area (Å²) in [6, 6.07) is -3.08. The van der Waals surface area contributed by atoms with Gasteiger partial charge in [-0.3, -0.25) is 19.2 Å². The summed E-state index contributed by atoms with van der Waals surface area (Å²) in [5, 5.41) is 31.9. The van der Waals surface area contributed by atoms with E-state index in [0.717, 1.165) is 0 Å². The van der Waals surface area contributed by atoms with E-state index in [4.69, 9.17) is 38.9 Å². The molecule has 21 heavy (non-hydrogen) atoms. The average Bonchev–Trinajstić information content (AvgIpc) is 2.28. The van der Waals surface area contributed by atoms with Crippen molar-refractivity contribution in [3.8, 4) is 0 Å². The van der Waals surface area contributed by atoms with E-state index in [1.807, 2.05) is 0 Å². The summed E-state index contributed by atoms with van der Waals surface area (Å²) in [5.74, 6) is -5.34. The molecule has 0 aliphatic rings. The second-order valence-corrected chi connectivity index (χ2v) is 3.35. The molecule has 0 aliphatic heterocycles. The first-order valence-electron chi connectivity index (χ1n) is 4.70. The van der Waals surface area contributed by atoms with Crippen LogP contribution in [0.1, 0.15) is 12.8 Å². The van der Waals surface area contributed by atoms with Crippen molar-refractivity contribution in [3.63, 3.8) is 0 Å². The Hall–Kier alpha value is -1.95. The maximum atomic E-state index is 9.78. The molecular weight excluding hydrogens is 383 g/mol. The van der Waals surface area contributed by atoms with Crippen molar-refractivity contribution >= 4 is 23.9 Å². The summed E-state index contributed by atoms with van der Waals surface area (Å²) in [6.45, 7) is 0. The zero-order chi connectivity index (χ0) is 17.6. The van der Waals surface area contributed by atoms with Gasteiger partial charge in [-0.15, -0.1) is 0 Å². The van der Waals surface area contributed by atoms with E-state index < -0.39 is 66.4 Å². The van der Waals surface area contributed by atoms with Gasteiger partial charge in [0.25, 0.3) is 11.9 Å². The number of nitrogens with one attached hydrogen (secondary N) is 2. The molecule has 0 amide bonds. The van der Waals surface area contributed by atoms with Gasteiger partial charge in [-0.1, -0.05) is 0 Å². The van der Waals surface area contributed by atoms with Crippen LogP contribution < -0.4 is 0 Å². The Balaban J connectivity index is -0.000000260. The number of hydrogen-bond acceptors (Lipinski definition) is 6. The van der Waals surface area contributed by atoms with Crippen LogP contribution in [0.25, 0.3) is 11.5 Å². The zero-order valence-corrected chi connectivity index (χ0v) is 12.0. The molecule has 0 aromatic rings. The van der Waals surface area contributed by atoms with Crippen LogP contribution in [0.3, 0.4) is 0 Å². The Morgan fingerprint density at radius 3 is 1.00 bits per heavy atom. The first kappa shape index (κ1) is 24.1. The molecule has 0 heterocycles. The van der Waals surface area contributed by atoms with Gasteiger partial charge in [0.05, 0.1) is 0 Å². The summed E-state index contributed by atoms with van der Waals surface area (Å²) in [4.78, 5) is 39.0. The third kappa shape index (κ3) is 23.6. The second-order valence-electron chi connectivity index (χ2n) is 3.04. The molecule has 0 saturated heterocycles. The van der Waals surface area contributed by atoms with Gasteiger partial charge in [0.15, 0.2) is 0 Å². The molecule has 2 unspecified atom stereocenters. The van der Waals surface area contributed by atoms with Crippen LogP contribution in [-0.2, 0) is 43.8 Å². The molecule has 0 bridgehead atoms. The molecule has 0 aromatic heterocycles. The van der Waals surface area contributed by atoms with Crippen molar-refractivity contribution in [1.29, 1.82) is 0 Å². The van der Waals surface area contributed by atoms with Crippen LogP contribution in [0.4, 0.5) is 0 Å². The van der Waals surface area contributed by atoms with Gasteiger partial charge in [-0.2, -0.15) is 0 Å². The van der Waals surface area contributed by atoms with Crippen LogP contribution in [0, 0.1) is 0 Å². The Bertz CT molecular complexity index is 374. The number of rotatable bonds is 6. The monoisotopic (exact) mass is 395 g/mol. The standard InChI is InChI=1S/2C4H6NO4.2O.Tc/c2*5-2(4(8)9)1-3(6)7;;;/h2*2,5H,1H2,(H,6,7)(H,8,9);;;/q2*-1;;;+3/i;;;;1+1. The van der Waals surface area contributed by atoms with E-state index >= 15 is 0 Å². The molecule has 0 rings (SSSR count). The van der Waals surface area contributed by atoms with Crippen LogP contribution in [0.15, 0.2) is 0 Å². The average molecular weight is 395 g/mol. The van der Waals surface area contributed by atoms with Crippen molar-refractivity contribution in [2.45, 2.75) is 24.9 Å². The number of hydrogen-bond donors (Lipinski definition) is 4. The minimum atomic E-state index is -1.91. The molecule has 13 heteroatoms. The Morgan fingerprint density at radius 2 is 0.952 bits per heavy atom. The molecule has 12 nitrogen and oxygen atoms in total. The van der Waals surface area contributed by atoms with Crippen molar-refractivity contribution in [1.82, 2.24) is 0 Å². The first-order valence-corrected chi connectivity index (χ1v) is 6.21. The fraction of sp³-hybridized carbons (Fsp3) is 0.500. The minimum absolute atomic E-state index is 0.644. The van der Waals surface area contributed by atoms with E-state index in [2.05, 4.69) is 0 Å². The molecule has 0 spiro atoms. The summed E-state index contributed by atoms with van der Waals surface area (Å²) in [5.41, 5.74) is 13.2. The molecule has 0 fully saturated rings. The molecule has 0 radical (unpaired) electrons. The van der Waals surface area contributed by atoms with Gasteiger partial charge >= 0.3 is 36.6 Å². The van der Waals surface area contributed by atoms with Gasteiger partial charge in [0.1, 0.15) is 0 Å². The van der Waals surface area contributed by atoms with Gasteiger partial charge in [0.2, 0.25) is 0 Å². The predicted molar refractivity (Wildman–Crippen MR) is 57.4 cm³/mol. The SMILES string of the molecule is [NH-]C(CC(=O)O)C(=O)O.[NH-]C(CC(=O)O)C(=O)O.[O]=[99Tc+3]=[O]. The van der Waals surface area contributed by atoms with Crippen molar-refractivity contribution in [2.24, 2.45) is 0 Å². The van der Waals surface area contributed by atoms with Gasteiger partial charge in [-0.05, 0) is 12.1 Å². The summed E-state index contributed by atoms with van der Waals surface area (Å²) in [7, 11) is 0. The fourth-order valence-corrected chi connectivity index (χ4v) is 0.524. The first-order chi connectivity index (χ1) is 9.49. The topological polar surface area (TPSA) is 231 Å². The van der Waals surface area contributed by atoms with Crippen LogP contribution in [0.5, 0.6) is 0 Å². The van der Waals surface area contributed by atoms with Gasteiger partial charge < -0.3 is 31.9 Å². The van der Waals surface area contributed by atoms with E-state index in [9.17, 15) is 19.2 Å². The van der Waals surface area contributed by atoms with Gasteiger partial charge in [0, 0.05) is 12.8 Å². The second kappa shape index (κ2) is 14.5. The summed E-state index contributed by atoms with van der Waals surface area (Å²) >= 11 is -1.91. The van der Waals surface area contributed by atoms with E-state index in [1.54, 1.807) is 0 Å². The van der Waals surface area contributed by atoms with Crippen LogP contribution >= 0.6 is 0 Å². The van der Waals surface area contributed by atoms with Crippen molar-refractivity contribution in [3.05, 3.63) is 11.5 Å². The van der Waals surface area contributed by atoms with Crippen LogP contribution in [-0.4, -0.2) is 56.4 Å². The predicted octanol–water partition coefficient (Wildman–Crippen LogP) is -0.307. The fourth-order valence-electron chi connectivity index (χ4n) is 0.524. The zero-order valence-electron chi connectivity index (χ0n) is 10.2. The third-order valence-electron chi connectivity index (χ3n) is 1.35. The normalized spacial score (nSPS) is 11.1. The third-order valence-corrected chi connectivity index (χ3v) is 1.35. The van der Waals surface area contributed by atoms with E-state index in [1.165, 1.54) is 0 Å². The number of carboxylic acid groups (broad SMARTS) is 4. The van der Waals surface area contributed by atoms with E-state index in [-0.39, 0.29) is 0 Å². The Kier molecular flexibility index (Phi) is 16.6. The number of carboxylic acids is 4. The van der Waals surface area contributed by atoms with Crippen molar-refractivity contribution in [2.75, 3.05) is 0 Å². The van der Waals surface area contributed by atoms with E-state index in [0.29, 0.717) is 0 Å². The summed E-state index contributed by atoms with van der Waals surface area (Å²) < 4.78 is 17.0. The number of carbonyl (C=O) groups is 4. The number of aliphatic carboxylic acids is 4. The molecule has 6 N–H and O–H groups in total. The van der Waals surface area contributed by atoms with Crippen molar-refractivity contribution < 1.29 is 64.2 Å².